The highest BCUT2D eigenvalue weighted by atomic mass is 16.5. The third-order valence-electron chi connectivity index (χ3n) is 5.58. The number of carbonyl (C=O) groups is 3. The second kappa shape index (κ2) is 11.9. The molecule has 2 aromatic rings. The molecule has 0 saturated heterocycles. The molecule has 0 aliphatic carbocycles. The van der Waals surface area contributed by atoms with Crippen LogP contribution in [0, 0.1) is 17.2 Å². The van der Waals surface area contributed by atoms with E-state index in [0.29, 0.717) is 40.3 Å². The van der Waals surface area contributed by atoms with Gasteiger partial charge in [0.25, 0.3) is 0 Å². The molecule has 188 valence electrons. The predicted octanol–water partition coefficient (Wildman–Crippen LogP) is 5.15. The number of carbonyl (C=O) groups excluding carboxylic acids is 3. The Morgan fingerprint density at radius 1 is 1.08 bits per heavy atom. The predicted molar refractivity (Wildman–Crippen MR) is 137 cm³/mol. The lowest BCUT2D eigenvalue weighted by molar-refractivity contribution is -0.140. The Morgan fingerprint density at radius 3 is 2.19 bits per heavy atom. The number of esters is 1. The molecule has 1 aliphatic rings. The monoisotopic (exact) mass is 489 g/mol. The zero-order chi connectivity index (χ0) is 26.2. The summed E-state index contributed by atoms with van der Waals surface area (Å²) < 4.78 is 5.52. The highest BCUT2D eigenvalue weighted by Crippen LogP contribution is 2.32. The van der Waals surface area contributed by atoms with Gasteiger partial charge in [0, 0.05) is 23.6 Å². The smallest absolute Gasteiger partial charge is 0.338 e. The Hall–Kier alpha value is -4.32. The normalized spacial score (nSPS) is 15.3. The van der Waals surface area contributed by atoms with Crippen molar-refractivity contribution in [2.45, 2.75) is 40.2 Å². The zero-order valence-electron chi connectivity index (χ0n) is 20.9. The third kappa shape index (κ3) is 6.42. The van der Waals surface area contributed by atoms with E-state index in [1.165, 1.54) is 0 Å². The quantitative estimate of drug-likeness (QED) is 0.442. The first-order valence-electron chi connectivity index (χ1n) is 11.9. The average Bonchev–Trinajstić information content (AvgIpc) is 2.85. The first-order valence-corrected chi connectivity index (χ1v) is 11.9. The van der Waals surface area contributed by atoms with Crippen molar-refractivity contribution >= 4 is 29.4 Å². The summed E-state index contributed by atoms with van der Waals surface area (Å²) in [5.41, 5.74) is 3.24. The molecule has 1 atom stereocenters. The van der Waals surface area contributed by atoms with Gasteiger partial charge in [-0.25, -0.2) is 14.4 Å². The van der Waals surface area contributed by atoms with E-state index in [0.717, 1.165) is 6.42 Å². The Labute approximate surface area is 211 Å². The first kappa shape index (κ1) is 26.3. The summed E-state index contributed by atoms with van der Waals surface area (Å²) in [6.45, 7) is 8.41. The van der Waals surface area contributed by atoms with Crippen LogP contribution in [0.1, 0.15) is 51.3 Å². The Morgan fingerprint density at radius 2 is 1.67 bits per heavy atom. The molecular formula is C27H31N5O4. The molecule has 3 N–H and O–H groups in total. The fourth-order valence-electron chi connectivity index (χ4n) is 3.79. The van der Waals surface area contributed by atoms with Gasteiger partial charge in [0.05, 0.1) is 29.9 Å². The number of allylic oxidation sites excluding steroid dienone is 1. The van der Waals surface area contributed by atoms with Crippen LogP contribution in [0.2, 0.25) is 0 Å². The van der Waals surface area contributed by atoms with Gasteiger partial charge in [-0.15, -0.1) is 0 Å². The maximum atomic E-state index is 13.0. The lowest BCUT2D eigenvalue weighted by Crippen LogP contribution is -2.48. The van der Waals surface area contributed by atoms with Crippen LogP contribution < -0.4 is 16.0 Å². The second-order valence-corrected chi connectivity index (χ2v) is 8.92. The number of ether oxygens (including phenoxy) is 1. The number of nitrogens with zero attached hydrogens (tertiary/aromatic N) is 2. The van der Waals surface area contributed by atoms with Crippen molar-refractivity contribution in [3.63, 3.8) is 0 Å². The highest BCUT2D eigenvalue weighted by Gasteiger charge is 2.36. The molecule has 0 fully saturated rings. The maximum absolute atomic E-state index is 13.0. The van der Waals surface area contributed by atoms with Gasteiger partial charge in [-0.3, -0.25) is 4.90 Å². The van der Waals surface area contributed by atoms with Gasteiger partial charge >= 0.3 is 18.0 Å². The van der Waals surface area contributed by atoms with Gasteiger partial charge in [0.2, 0.25) is 0 Å². The van der Waals surface area contributed by atoms with Crippen molar-refractivity contribution in [2.75, 3.05) is 23.8 Å². The molecule has 9 heteroatoms. The van der Waals surface area contributed by atoms with E-state index in [4.69, 9.17) is 10.00 Å². The SMILES string of the molecule is CCCN1C(=O)NC(c2ccc(NC(=O)Nc3ccc(C#N)cc3)cc2)C(C(=O)OCC(C)C)=C1C. The minimum absolute atomic E-state index is 0.180. The van der Waals surface area contributed by atoms with E-state index in [9.17, 15) is 14.4 Å². The molecular weight excluding hydrogens is 458 g/mol. The van der Waals surface area contributed by atoms with Crippen molar-refractivity contribution < 1.29 is 19.1 Å². The summed E-state index contributed by atoms with van der Waals surface area (Å²) in [5.74, 6) is -0.282. The van der Waals surface area contributed by atoms with Gasteiger partial charge in [-0.1, -0.05) is 32.9 Å². The average molecular weight is 490 g/mol. The Bertz CT molecular complexity index is 1180. The van der Waals surface area contributed by atoms with Gasteiger partial charge in [-0.2, -0.15) is 5.26 Å². The molecule has 0 radical (unpaired) electrons. The molecule has 1 heterocycles. The number of amides is 4. The minimum atomic E-state index is -0.674. The van der Waals surface area contributed by atoms with Crippen LogP contribution in [0.25, 0.3) is 0 Å². The molecule has 4 amide bonds. The summed E-state index contributed by atoms with van der Waals surface area (Å²) in [7, 11) is 0. The molecule has 3 rings (SSSR count). The zero-order valence-corrected chi connectivity index (χ0v) is 20.9. The van der Waals surface area contributed by atoms with Crippen molar-refractivity contribution in [2.24, 2.45) is 5.92 Å². The van der Waals surface area contributed by atoms with Gasteiger partial charge in [0.1, 0.15) is 0 Å². The minimum Gasteiger partial charge on any atom is -0.462 e. The third-order valence-corrected chi connectivity index (χ3v) is 5.58. The van der Waals surface area contributed by atoms with Crippen LogP contribution in [0.5, 0.6) is 0 Å². The summed E-state index contributed by atoms with van der Waals surface area (Å²) >= 11 is 0. The van der Waals surface area contributed by atoms with Crippen molar-refractivity contribution in [3.8, 4) is 6.07 Å². The number of rotatable bonds is 8. The summed E-state index contributed by atoms with van der Waals surface area (Å²) in [5, 5.41) is 17.2. The number of benzene rings is 2. The molecule has 2 aromatic carbocycles. The molecule has 0 spiro atoms. The molecule has 0 bridgehead atoms. The summed E-state index contributed by atoms with van der Waals surface area (Å²) in [6, 6.07) is 14.0. The van der Waals surface area contributed by atoms with Gasteiger partial charge in [-0.05, 0) is 61.2 Å². The van der Waals surface area contributed by atoms with E-state index < -0.39 is 18.0 Å². The Balaban J connectivity index is 1.78. The van der Waals surface area contributed by atoms with Crippen LogP contribution in [0.15, 0.2) is 59.8 Å². The van der Waals surface area contributed by atoms with Crippen molar-refractivity contribution in [1.82, 2.24) is 10.2 Å². The Kier molecular flexibility index (Phi) is 8.68. The second-order valence-electron chi connectivity index (χ2n) is 8.92. The largest absolute Gasteiger partial charge is 0.462 e. The van der Waals surface area contributed by atoms with E-state index in [1.54, 1.807) is 60.4 Å². The van der Waals surface area contributed by atoms with Crippen molar-refractivity contribution in [3.05, 3.63) is 70.9 Å². The van der Waals surface area contributed by atoms with Crippen LogP contribution in [0.3, 0.4) is 0 Å². The molecule has 0 aromatic heterocycles. The molecule has 36 heavy (non-hydrogen) atoms. The maximum Gasteiger partial charge on any atom is 0.338 e. The van der Waals surface area contributed by atoms with Gasteiger partial charge < -0.3 is 20.7 Å². The topological polar surface area (TPSA) is 124 Å². The summed E-state index contributed by atoms with van der Waals surface area (Å²) in [6.07, 6.45) is 0.745. The van der Waals surface area contributed by atoms with Crippen LogP contribution in [0.4, 0.5) is 21.0 Å². The van der Waals surface area contributed by atoms with Crippen LogP contribution in [-0.4, -0.2) is 36.1 Å². The van der Waals surface area contributed by atoms with E-state index in [2.05, 4.69) is 16.0 Å². The fraction of sp³-hybridized carbons (Fsp3) is 0.333. The number of nitrogens with one attached hydrogen (secondary N) is 3. The van der Waals surface area contributed by atoms with E-state index >= 15 is 0 Å². The molecule has 1 aliphatic heterocycles. The van der Waals surface area contributed by atoms with E-state index in [-0.39, 0.29) is 18.6 Å². The van der Waals surface area contributed by atoms with Crippen molar-refractivity contribution in [1.29, 1.82) is 5.26 Å². The highest BCUT2D eigenvalue weighted by molar-refractivity contribution is 6.00. The molecule has 0 saturated carbocycles. The number of hydrogen-bond acceptors (Lipinski definition) is 5. The standard InChI is InChI=1S/C27H31N5O4/c1-5-14-32-18(4)23(25(33)36-16-17(2)3)24(31-27(32)35)20-8-12-22(13-9-20)30-26(34)29-21-10-6-19(15-28)7-11-21/h6-13,17,24H,5,14,16H2,1-4H3,(H,31,35)(H2,29,30,34). The van der Waals surface area contributed by atoms with Crippen LogP contribution in [-0.2, 0) is 9.53 Å². The lowest BCUT2D eigenvalue weighted by Gasteiger charge is -2.35. The van der Waals surface area contributed by atoms with Gasteiger partial charge in [0.15, 0.2) is 0 Å². The first-order chi connectivity index (χ1) is 17.2. The lowest BCUT2D eigenvalue weighted by atomic mass is 9.94. The van der Waals surface area contributed by atoms with E-state index in [1.807, 2.05) is 26.8 Å². The number of urea groups is 2. The summed E-state index contributed by atoms with van der Waals surface area (Å²) in [4.78, 5) is 39.7. The molecule has 9 nitrogen and oxygen atoms in total. The number of anilines is 2. The number of hydrogen-bond donors (Lipinski definition) is 3. The number of nitriles is 1. The van der Waals surface area contributed by atoms with Crippen LogP contribution >= 0.6 is 0 Å². The fourth-order valence-corrected chi connectivity index (χ4v) is 3.79. The molecule has 1 unspecified atom stereocenters.